The molecular formula is C25H28N4O2. The Hall–Kier alpha value is -3.51. The molecule has 31 heavy (non-hydrogen) atoms. The second-order valence-corrected chi connectivity index (χ2v) is 7.58. The molecule has 2 aromatic carbocycles. The lowest BCUT2D eigenvalue weighted by Gasteiger charge is -2.21. The molecule has 3 aromatic rings. The number of amides is 2. The minimum absolute atomic E-state index is 0.0645. The third-order valence-corrected chi connectivity index (χ3v) is 4.89. The zero-order valence-electron chi connectivity index (χ0n) is 17.9. The fraction of sp³-hybridized carbons (Fsp3) is 0.240. The topological polar surface area (TPSA) is 74.3 Å². The molecule has 0 spiro atoms. The van der Waals surface area contributed by atoms with Crippen molar-refractivity contribution >= 4 is 17.6 Å². The van der Waals surface area contributed by atoms with E-state index in [0.717, 1.165) is 16.7 Å². The van der Waals surface area contributed by atoms with E-state index in [1.807, 2.05) is 91.7 Å². The van der Waals surface area contributed by atoms with Crippen molar-refractivity contribution in [3.05, 3.63) is 95.7 Å². The number of hydrogen-bond acceptors (Lipinski definition) is 4. The zero-order chi connectivity index (χ0) is 22.1. The summed E-state index contributed by atoms with van der Waals surface area (Å²) in [4.78, 5) is 30.9. The monoisotopic (exact) mass is 416 g/mol. The third-order valence-electron chi connectivity index (χ3n) is 4.89. The van der Waals surface area contributed by atoms with Gasteiger partial charge in [0.25, 0.3) is 0 Å². The fourth-order valence-electron chi connectivity index (χ4n) is 3.29. The van der Waals surface area contributed by atoms with Crippen LogP contribution in [-0.4, -0.2) is 41.8 Å². The second-order valence-electron chi connectivity index (χ2n) is 7.58. The summed E-state index contributed by atoms with van der Waals surface area (Å²) in [6.07, 6.45) is 1.96. The van der Waals surface area contributed by atoms with Crippen molar-refractivity contribution in [2.45, 2.75) is 19.4 Å². The molecule has 1 heterocycles. The van der Waals surface area contributed by atoms with Crippen molar-refractivity contribution in [3.63, 3.8) is 0 Å². The van der Waals surface area contributed by atoms with Gasteiger partial charge in [0.1, 0.15) is 5.82 Å². The Morgan fingerprint density at radius 3 is 2.13 bits per heavy atom. The first-order valence-electron chi connectivity index (χ1n) is 10.3. The molecule has 0 aliphatic rings. The van der Waals surface area contributed by atoms with Gasteiger partial charge in [-0.05, 0) is 42.8 Å². The molecule has 6 nitrogen and oxygen atoms in total. The lowest BCUT2D eigenvalue weighted by molar-refractivity contribution is -0.122. The van der Waals surface area contributed by atoms with Crippen LogP contribution >= 0.6 is 0 Å². The number of nitrogens with zero attached hydrogens (tertiary/aromatic N) is 2. The van der Waals surface area contributed by atoms with Crippen LogP contribution in [0.4, 0.5) is 5.82 Å². The van der Waals surface area contributed by atoms with E-state index < -0.39 is 0 Å². The van der Waals surface area contributed by atoms with E-state index in [-0.39, 0.29) is 24.4 Å². The summed E-state index contributed by atoms with van der Waals surface area (Å²) in [5.41, 5.74) is 3.09. The number of anilines is 1. The molecule has 0 saturated carbocycles. The minimum atomic E-state index is -0.212. The fourth-order valence-corrected chi connectivity index (χ4v) is 3.29. The molecule has 160 valence electrons. The van der Waals surface area contributed by atoms with Gasteiger partial charge in [0, 0.05) is 19.2 Å². The van der Waals surface area contributed by atoms with Crippen LogP contribution in [0.15, 0.2) is 79.0 Å². The third kappa shape index (κ3) is 7.04. The van der Waals surface area contributed by atoms with Crippen molar-refractivity contribution in [2.75, 3.05) is 25.5 Å². The predicted molar refractivity (Wildman–Crippen MR) is 123 cm³/mol. The Bertz CT molecular complexity index is 953. The lowest BCUT2D eigenvalue weighted by Crippen LogP contribution is -2.35. The number of likely N-dealkylation sites (N-methyl/N-ethyl adjacent to an activating group) is 1. The van der Waals surface area contributed by atoms with E-state index in [9.17, 15) is 9.59 Å². The van der Waals surface area contributed by atoms with Crippen LogP contribution in [0.1, 0.15) is 29.2 Å². The van der Waals surface area contributed by atoms with Gasteiger partial charge in [-0.2, -0.15) is 0 Å². The van der Waals surface area contributed by atoms with Crippen molar-refractivity contribution in [2.24, 2.45) is 0 Å². The SMILES string of the molecule is Cc1ccnc(NC(=O)CN(C)CCC(=O)NC(c2ccccc2)c2ccccc2)c1. The average Bonchev–Trinajstić information content (AvgIpc) is 2.77. The number of carbonyl (C=O) groups excluding carboxylic acids is 2. The summed E-state index contributed by atoms with van der Waals surface area (Å²) in [6.45, 7) is 2.60. The second kappa shape index (κ2) is 11.0. The highest BCUT2D eigenvalue weighted by Gasteiger charge is 2.17. The Balaban J connectivity index is 1.52. The van der Waals surface area contributed by atoms with E-state index in [0.29, 0.717) is 18.8 Å². The number of rotatable bonds is 9. The molecule has 2 amide bonds. The van der Waals surface area contributed by atoms with E-state index in [4.69, 9.17) is 0 Å². The maximum Gasteiger partial charge on any atom is 0.239 e. The highest BCUT2D eigenvalue weighted by atomic mass is 16.2. The van der Waals surface area contributed by atoms with Gasteiger partial charge in [0.05, 0.1) is 12.6 Å². The van der Waals surface area contributed by atoms with Crippen LogP contribution in [0.25, 0.3) is 0 Å². The van der Waals surface area contributed by atoms with Crippen molar-refractivity contribution in [3.8, 4) is 0 Å². The maximum absolute atomic E-state index is 12.7. The molecule has 0 atom stereocenters. The number of carbonyl (C=O) groups is 2. The molecule has 0 fully saturated rings. The van der Waals surface area contributed by atoms with Crippen LogP contribution in [0.5, 0.6) is 0 Å². The number of benzene rings is 2. The van der Waals surface area contributed by atoms with Crippen LogP contribution in [-0.2, 0) is 9.59 Å². The Kier molecular flexibility index (Phi) is 7.90. The van der Waals surface area contributed by atoms with Crippen molar-refractivity contribution in [1.29, 1.82) is 0 Å². The standard InChI is InChI=1S/C25H28N4O2/c1-19-13-15-26-22(17-19)27-24(31)18-29(2)16-14-23(30)28-25(20-9-5-3-6-10-20)21-11-7-4-8-12-21/h3-13,15,17,25H,14,16,18H2,1-2H3,(H,28,30)(H,26,27,31). The average molecular weight is 417 g/mol. The molecule has 1 aromatic heterocycles. The molecule has 0 unspecified atom stereocenters. The van der Waals surface area contributed by atoms with Crippen LogP contribution < -0.4 is 10.6 Å². The predicted octanol–water partition coefficient (Wildman–Crippen LogP) is 3.56. The van der Waals surface area contributed by atoms with Gasteiger partial charge in [-0.3, -0.25) is 14.5 Å². The smallest absolute Gasteiger partial charge is 0.239 e. The summed E-state index contributed by atoms with van der Waals surface area (Å²) in [6, 6.07) is 23.3. The van der Waals surface area contributed by atoms with Crippen LogP contribution in [0.3, 0.4) is 0 Å². The number of nitrogens with one attached hydrogen (secondary N) is 2. The highest BCUT2D eigenvalue weighted by Crippen LogP contribution is 2.21. The van der Waals surface area contributed by atoms with Gasteiger partial charge in [-0.1, -0.05) is 60.7 Å². The van der Waals surface area contributed by atoms with Crippen LogP contribution in [0, 0.1) is 6.92 Å². The van der Waals surface area contributed by atoms with Crippen molar-refractivity contribution in [1.82, 2.24) is 15.2 Å². The Labute approximate surface area is 183 Å². The van der Waals surface area contributed by atoms with Crippen LogP contribution in [0.2, 0.25) is 0 Å². The summed E-state index contributed by atoms with van der Waals surface area (Å²) in [7, 11) is 1.82. The largest absolute Gasteiger partial charge is 0.345 e. The molecule has 0 aliphatic heterocycles. The first-order chi connectivity index (χ1) is 15.0. The first-order valence-corrected chi connectivity index (χ1v) is 10.3. The van der Waals surface area contributed by atoms with Gasteiger partial charge in [-0.15, -0.1) is 0 Å². The number of hydrogen-bond donors (Lipinski definition) is 2. The lowest BCUT2D eigenvalue weighted by atomic mass is 9.98. The summed E-state index contributed by atoms with van der Waals surface area (Å²) in [5, 5.41) is 5.91. The quantitative estimate of drug-likeness (QED) is 0.559. The van der Waals surface area contributed by atoms with Gasteiger partial charge in [-0.25, -0.2) is 4.98 Å². The summed E-state index contributed by atoms with van der Waals surface area (Å²) >= 11 is 0. The van der Waals surface area contributed by atoms with E-state index in [1.54, 1.807) is 6.20 Å². The molecular weight excluding hydrogens is 388 g/mol. The molecule has 2 N–H and O–H groups in total. The Morgan fingerprint density at radius 2 is 1.55 bits per heavy atom. The molecule has 0 aliphatic carbocycles. The number of aryl methyl sites for hydroxylation is 1. The first kappa shape index (κ1) is 22.2. The summed E-state index contributed by atoms with van der Waals surface area (Å²) < 4.78 is 0. The molecule has 0 bridgehead atoms. The zero-order valence-corrected chi connectivity index (χ0v) is 17.9. The molecule has 0 saturated heterocycles. The maximum atomic E-state index is 12.7. The van der Waals surface area contributed by atoms with Gasteiger partial charge < -0.3 is 10.6 Å². The minimum Gasteiger partial charge on any atom is -0.345 e. The molecule has 6 heteroatoms. The van der Waals surface area contributed by atoms with Crippen molar-refractivity contribution < 1.29 is 9.59 Å². The number of pyridine rings is 1. The van der Waals surface area contributed by atoms with E-state index >= 15 is 0 Å². The normalized spacial score (nSPS) is 10.8. The van der Waals surface area contributed by atoms with E-state index in [2.05, 4.69) is 15.6 Å². The van der Waals surface area contributed by atoms with Gasteiger partial charge in [0.2, 0.25) is 11.8 Å². The van der Waals surface area contributed by atoms with Gasteiger partial charge >= 0.3 is 0 Å². The molecule has 3 rings (SSSR count). The summed E-state index contributed by atoms with van der Waals surface area (Å²) in [5.74, 6) is 0.308. The highest BCUT2D eigenvalue weighted by molar-refractivity contribution is 5.91. The Morgan fingerprint density at radius 1 is 0.935 bits per heavy atom. The van der Waals surface area contributed by atoms with E-state index in [1.165, 1.54) is 0 Å². The molecule has 0 radical (unpaired) electrons. The van der Waals surface area contributed by atoms with Gasteiger partial charge in [0.15, 0.2) is 0 Å². The number of aromatic nitrogens is 1.